The van der Waals surface area contributed by atoms with Crippen LogP contribution in [0.2, 0.25) is 0 Å². The molecule has 1 N–H and O–H groups in total. The minimum Gasteiger partial charge on any atom is -0.329 e. The van der Waals surface area contributed by atoms with Crippen LogP contribution >= 0.6 is 11.3 Å². The van der Waals surface area contributed by atoms with Crippen molar-refractivity contribution in [2.24, 2.45) is 0 Å². The standard InChI is InChI=1S/C18H18N6OS/c1-12-4-2-6-15(22-12)23-17-16(19-7-8-20-17)14-5-3-9-24(14)18(25)13-10-26-11-21-13/h2,4,6-8,10-11,14H,3,5,9H2,1H3,(H,20,22,23). The Balaban J connectivity index is 1.64. The molecule has 0 bridgehead atoms. The summed E-state index contributed by atoms with van der Waals surface area (Å²) in [6, 6.07) is 5.64. The molecule has 0 spiro atoms. The van der Waals surface area contributed by atoms with Crippen molar-refractivity contribution in [3.63, 3.8) is 0 Å². The Labute approximate surface area is 155 Å². The molecule has 8 heteroatoms. The van der Waals surface area contributed by atoms with E-state index in [0.717, 1.165) is 24.2 Å². The lowest BCUT2D eigenvalue weighted by Gasteiger charge is -2.24. The Morgan fingerprint density at radius 3 is 2.96 bits per heavy atom. The lowest BCUT2D eigenvalue weighted by molar-refractivity contribution is 0.0728. The number of pyridine rings is 1. The zero-order valence-corrected chi connectivity index (χ0v) is 15.1. The van der Waals surface area contributed by atoms with Crippen LogP contribution in [0, 0.1) is 6.92 Å². The van der Waals surface area contributed by atoms with Gasteiger partial charge in [-0.05, 0) is 31.9 Å². The lowest BCUT2D eigenvalue weighted by Crippen LogP contribution is -2.31. The topological polar surface area (TPSA) is 83.9 Å². The number of aryl methyl sites for hydroxylation is 1. The summed E-state index contributed by atoms with van der Waals surface area (Å²) < 4.78 is 0. The van der Waals surface area contributed by atoms with Gasteiger partial charge in [-0.3, -0.25) is 9.78 Å². The first-order valence-corrected chi connectivity index (χ1v) is 9.37. The predicted molar refractivity (Wildman–Crippen MR) is 99.4 cm³/mol. The van der Waals surface area contributed by atoms with Crippen molar-refractivity contribution in [3.05, 3.63) is 58.6 Å². The van der Waals surface area contributed by atoms with Crippen molar-refractivity contribution in [2.75, 3.05) is 11.9 Å². The maximum atomic E-state index is 12.8. The van der Waals surface area contributed by atoms with Gasteiger partial charge in [0.1, 0.15) is 17.2 Å². The molecule has 4 rings (SSSR count). The molecule has 132 valence electrons. The number of rotatable bonds is 4. The molecular weight excluding hydrogens is 348 g/mol. The smallest absolute Gasteiger partial charge is 0.273 e. The molecule has 1 fully saturated rings. The number of hydrogen-bond acceptors (Lipinski definition) is 7. The molecule has 0 aliphatic carbocycles. The fourth-order valence-electron chi connectivity index (χ4n) is 3.18. The van der Waals surface area contributed by atoms with Gasteiger partial charge in [-0.2, -0.15) is 0 Å². The van der Waals surface area contributed by atoms with E-state index in [2.05, 4.69) is 25.3 Å². The van der Waals surface area contributed by atoms with Crippen LogP contribution < -0.4 is 5.32 Å². The van der Waals surface area contributed by atoms with Gasteiger partial charge in [0.05, 0.1) is 11.6 Å². The summed E-state index contributed by atoms with van der Waals surface area (Å²) in [6.45, 7) is 2.63. The highest BCUT2D eigenvalue weighted by atomic mass is 32.1. The van der Waals surface area contributed by atoms with Gasteiger partial charge in [0.2, 0.25) is 0 Å². The fraction of sp³-hybridized carbons (Fsp3) is 0.278. The summed E-state index contributed by atoms with van der Waals surface area (Å²) in [5.41, 5.74) is 3.84. The number of anilines is 2. The molecule has 7 nitrogen and oxygen atoms in total. The third-order valence-corrected chi connectivity index (χ3v) is 4.93. The molecule has 0 saturated carbocycles. The van der Waals surface area contributed by atoms with Crippen LogP contribution in [-0.4, -0.2) is 37.3 Å². The second-order valence-corrected chi connectivity index (χ2v) is 6.83. The molecule has 1 amide bonds. The first-order valence-electron chi connectivity index (χ1n) is 8.43. The average Bonchev–Trinajstić information content (AvgIpc) is 3.34. The first-order chi connectivity index (χ1) is 12.7. The van der Waals surface area contributed by atoms with E-state index >= 15 is 0 Å². The third kappa shape index (κ3) is 3.28. The van der Waals surface area contributed by atoms with Crippen LogP contribution in [0.15, 0.2) is 41.5 Å². The summed E-state index contributed by atoms with van der Waals surface area (Å²) in [7, 11) is 0. The van der Waals surface area contributed by atoms with Crippen molar-refractivity contribution in [1.82, 2.24) is 24.8 Å². The molecule has 1 unspecified atom stereocenters. The van der Waals surface area contributed by atoms with E-state index in [1.54, 1.807) is 23.3 Å². The van der Waals surface area contributed by atoms with Crippen molar-refractivity contribution in [3.8, 4) is 0 Å². The lowest BCUT2D eigenvalue weighted by atomic mass is 10.1. The molecule has 1 aliphatic heterocycles. The first kappa shape index (κ1) is 16.6. The van der Waals surface area contributed by atoms with Gasteiger partial charge in [0.25, 0.3) is 5.91 Å². The van der Waals surface area contributed by atoms with Crippen LogP contribution in [0.1, 0.15) is 40.8 Å². The number of nitrogens with zero attached hydrogens (tertiary/aromatic N) is 5. The van der Waals surface area contributed by atoms with Gasteiger partial charge in [-0.25, -0.2) is 15.0 Å². The minimum atomic E-state index is -0.120. The molecular formula is C18H18N6OS. The van der Waals surface area contributed by atoms with E-state index in [-0.39, 0.29) is 11.9 Å². The van der Waals surface area contributed by atoms with Gasteiger partial charge in [-0.15, -0.1) is 11.3 Å². The van der Waals surface area contributed by atoms with Crippen molar-refractivity contribution >= 4 is 28.9 Å². The van der Waals surface area contributed by atoms with Crippen LogP contribution in [0.5, 0.6) is 0 Å². The van der Waals surface area contributed by atoms with Gasteiger partial charge in [0, 0.05) is 30.0 Å². The molecule has 1 atom stereocenters. The summed E-state index contributed by atoms with van der Waals surface area (Å²) in [5.74, 6) is 1.29. The van der Waals surface area contributed by atoms with Crippen molar-refractivity contribution < 1.29 is 4.79 Å². The molecule has 26 heavy (non-hydrogen) atoms. The Morgan fingerprint density at radius 1 is 1.27 bits per heavy atom. The highest BCUT2D eigenvalue weighted by Crippen LogP contribution is 2.35. The largest absolute Gasteiger partial charge is 0.329 e. The number of thiazole rings is 1. The summed E-state index contributed by atoms with van der Waals surface area (Å²) in [4.78, 5) is 32.2. The minimum absolute atomic E-state index is 0.0565. The zero-order valence-electron chi connectivity index (χ0n) is 14.3. The Kier molecular flexibility index (Phi) is 4.57. The van der Waals surface area contributed by atoms with E-state index in [0.29, 0.717) is 23.9 Å². The highest BCUT2D eigenvalue weighted by molar-refractivity contribution is 7.07. The van der Waals surface area contributed by atoms with Gasteiger partial charge >= 0.3 is 0 Å². The molecule has 0 aromatic carbocycles. The molecule has 1 aliphatic rings. The van der Waals surface area contributed by atoms with E-state index < -0.39 is 0 Å². The number of carbonyl (C=O) groups is 1. The molecule has 4 heterocycles. The second-order valence-electron chi connectivity index (χ2n) is 6.11. The predicted octanol–water partition coefficient (Wildman–Crippen LogP) is 3.36. The molecule has 0 radical (unpaired) electrons. The zero-order chi connectivity index (χ0) is 17.9. The Bertz CT molecular complexity index is 914. The van der Waals surface area contributed by atoms with Crippen molar-refractivity contribution in [2.45, 2.75) is 25.8 Å². The Hall–Kier alpha value is -2.87. The van der Waals surface area contributed by atoms with Gasteiger partial charge in [0.15, 0.2) is 5.82 Å². The maximum absolute atomic E-state index is 12.8. The van der Waals surface area contributed by atoms with Crippen LogP contribution in [-0.2, 0) is 0 Å². The highest BCUT2D eigenvalue weighted by Gasteiger charge is 2.34. The monoisotopic (exact) mass is 366 g/mol. The maximum Gasteiger partial charge on any atom is 0.273 e. The third-order valence-electron chi connectivity index (χ3n) is 4.34. The van der Waals surface area contributed by atoms with E-state index in [4.69, 9.17) is 0 Å². The van der Waals surface area contributed by atoms with E-state index in [9.17, 15) is 4.79 Å². The number of hydrogen-bond donors (Lipinski definition) is 1. The van der Waals surface area contributed by atoms with Crippen molar-refractivity contribution in [1.29, 1.82) is 0 Å². The number of carbonyl (C=O) groups excluding carboxylic acids is 1. The number of likely N-dealkylation sites (tertiary alicyclic amines) is 1. The van der Waals surface area contributed by atoms with Gasteiger partial charge < -0.3 is 10.2 Å². The summed E-state index contributed by atoms with van der Waals surface area (Å²) in [5, 5.41) is 5.03. The Morgan fingerprint density at radius 2 is 2.15 bits per heavy atom. The quantitative estimate of drug-likeness (QED) is 0.762. The summed E-state index contributed by atoms with van der Waals surface area (Å²) >= 11 is 1.42. The normalized spacial score (nSPS) is 16.7. The average molecular weight is 366 g/mol. The fourth-order valence-corrected chi connectivity index (χ4v) is 3.71. The summed E-state index contributed by atoms with van der Waals surface area (Å²) in [6.07, 6.45) is 5.08. The molecule has 3 aromatic rings. The van der Waals surface area contributed by atoms with Crippen LogP contribution in [0.4, 0.5) is 11.6 Å². The van der Waals surface area contributed by atoms with E-state index in [1.807, 2.05) is 30.0 Å². The molecule has 3 aromatic heterocycles. The molecule has 1 saturated heterocycles. The second kappa shape index (κ2) is 7.17. The number of aromatic nitrogens is 4. The van der Waals surface area contributed by atoms with Crippen LogP contribution in [0.3, 0.4) is 0 Å². The number of amides is 1. The SMILES string of the molecule is Cc1cccc(Nc2nccnc2C2CCCN2C(=O)c2cscn2)n1. The van der Waals surface area contributed by atoms with E-state index in [1.165, 1.54) is 11.3 Å². The van der Waals surface area contributed by atoms with Gasteiger partial charge in [-0.1, -0.05) is 6.07 Å². The van der Waals surface area contributed by atoms with Crippen LogP contribution in [0.25, 0.3) is 0 Å². The number of nitrogens with one attached hydrogen (secondary N) is 1.